The molecule has 1 amide bonds. The number of anilines is 1. The maximum Gasteiger partial charge on any atom is 0.226 e. The van der Waals surface area contributed by atoms with Crippen LogP contribution in [0.3, 0.4) is 0 Å². The van der Waals surface area contributed by atoms with E-state index >= 15 is 0 Å². The van der Waals surface area contributed by atoms with Crippen LogP contribution in [0.1, 0.15) is 25.5 Å². The fourth-order valence-corrected chi connectivity index (χ4v) is 4.64. The van der Waals surface area contributed by atoms with Gasteiger partial charge in [-0.05, 0) is 42.0 Å². The van der Waals surface area contributed by atoms with E-state index in [-0.39, 0.29) is 11.8 Å². The van der Waals surface area contributed by atoms with Crippen molar-refractivity contribution in [2.75, 3.05) is 18.5 Å². The Bertz CT molecular complexity index is 1150. The van der Waals surface area contributed by atoms with Crippen molar-refractivity contribution in [3.63, 3.8) is 0 Å². The van der Waals surface area contributed by atoms with Gasteiger partial charge in [0.1, 0.15) is 66.4 Å². The van der Waals surface area contributed by atoms with Crippen molar-refractivity contribution < 1.29 is 59.5 Å². The van der Waals surface area contributed by atoms with Crippen LogP contribution in [0.15, 0.2) is 48.5 Å². The van der Waals surface area contributed by atoms with Gasteiger partial charge in [0.2, 0.25) is 5.91 Å². The van der Waals surface area contributed by atoms with Gasteiger partial charge in [0.15, 0.2) is 6.29 Å². The molecule has 2 aliphatic rings. The molecule has 4 rings (SSSR count). The van der Waals surface area contributed by atoms with Crippen LogP contribution in [0.5, 0.6) is 11.5 Å². The number of aliphatic hydroxyl groups is 7. The molecule has 2 heterocycles. The van der Waals surface area contributed by atoms with Crippen molar-refractivity contribution in [3.8, 4) is 11.5 Å². The molecule has 13 nitrogen and oxygen atoms in total. The minimum atomic E-state index is -1.76. The number of rotatable bonds is 9. The van der Waals surface area contributed by atoms with Crippen molar-refractivity contribution in [1.29, 1.82) is 0 Å². The third kappa shape index (κ3) is 7.04. The molecule has 41 heavy (non-hydrogen) atoms. The monoisotopic (exact) mass is 579 g/mol. The van der Waals surface area contributed by atoms with Crippen LogP contribution >= 0.6 is 0 Å². The molecule has 2 aliphatic heterocycles. The third-order valence-corrected chi connectivity index (χ3v) is 7.07. The Hall–Kier alpha value is -2.69. The first kappa shape index (κ1) is 31.3. The van der Waals surface area contributed by atoms with Gasteiger partial charge >= 0.3 is 0 Å². The summed E-state index contributed by atoms with van der Waals surface area (Å²) in [5, 5.41) is 74.5. The van der Waals surface area contributed by atoms with Crippen molar-refractivity contribution in [3.05, 3.63) is 54.1 Å². The molecule has 2 aromatic rings. The lowest BCUT2D eigenvalue weighted by atomic mass is 9.90. The number of carbonyl (C=O) groups excluding carboxylic acids is 1. The Balaban J connectivity index is 1.50. The van der Waals surface area contributed by atoms with Gasteiger partial charge in [-0.2, -0.15) is 0 Å². The van der Waals surface area contributed by atoms with E-state index < -0.39 is 74.4 Å². The van der Waals surface area contributed by atoms with E-state index in [0.717, 1.165) is 0 Å². The number of nitrogens with one attached hydrogen (secondary N) is 1. The van der Waals surface area contributed by atoms with Crippen LogP contribution in [-0.2, 0) is 19.0 Å². The number of hydrogen-bond acceptors (Lipinski definition) is 12. The van der Waals surface area contributed by atoms with E-state index in [2.05, 4.69) is 5.32 Å². The summed E-state index contributed by atoms with van der Waals surface area (Å²) in [6.07, 6.45) is -14.9. The normalized spacial score (nSPS) is 33.9. The van der Waals surface area contributed by atoms with E-state index in [0.29, 0.717) is 22.7 Å². The number of aliphatic hydroxyl groups excluding tert-OH is 7. The lowest BCUT2D eigenvalue weighted by Gasteiger charge is -2.46. The summed E-state index contributed by atoms with van der Waals surface area (Å²) in [6.45, 7) is 2.27. The molecule has 226 valence electrons. The van der Waals surface area contributed by atoms with Gasteiger partial charge in [0.25, 0.3) is 0 Å². The molecule has 2 aromatic carbocycles. The highest BCUT2D eigenvalue weighted by molar-refractivity contribution is 5.92. The smallest absolute Gasteiger partial charge is 0.226 e. The highest BCUT2D eigenvalue weighted by Gasteiger charge is 2.50. The van der Waals surface area contributed by atoms with Gasteiger partial charge in [0, 0.05) is 11.6 Å². The molecule has 0 unspecified atom stereocenters. The molecule has 0 saturated carbocycles. The molecule has 0 radical (unpaired) electrons. The second kappa shape index (κ2) is 13.5. The fourth-order valence-electron chi connectivity index (χ4n) is 4.64. The summed E-state index contributed by atoms with van der Waals surface area (Å²) < 4.78 is 22.8. The van der Waals surface area contributed by atoms with Gasteiger partial charge in [-0.3, -0.25) is 4.79 Å². The van der Waals surface area contributed by atoms with Crippen LogP contribution < -0.4 is 10.1 Å². The van der Waals surface area contributed by atoms with Crippen LogP contribution in [0.4, 0.5) is 5.69 Å². The van der Waals surface area contributed by atoms with E-state index in [9.17, 15) is 40.5 Å². The van der Waals surface area contributed by atoms with Crippen LogP contribution in [0.25, 0.3) is 0 Å². The first-order valence-electron chi connectivity index (χ1n) is 13.3. The lowest BCUT2D eigenvalue weighted by Crippen LogP contribution is -2.63. The van der Waals surface area contributed by atoms with Crippen molar-refractivity contribution in [2.24, 2.45) is 5.92 Å². The zero-order valence-electron chi connectivity index (χ0n) is 22.6. The van der Waals surface area contributed by atoms with E-state index in [1.165, 1.54) is 0 Å². The number of ether oxygens (including phenoxy) is 4. The average molecular weight is 580 g/mol. The van der Waals surface area contributed by atoms with E-state index in [1.54, 1.807) is 62.4 Å². The summed E-state index contributed by atoms with van der Waals surface area (Å²) >= 11 is 0. The van der Waals surface area contributed by atoms with Crippen LogP contribution in [0, 0.1) is 5.92 Å². The molecular formula is C28H37NO12. The first-order chi connectivity index (χ1) is 19.5. The highest BCUT2D eigenvalue weighted by Crippen LogP contribution is 2.37. The van der Waals surface area contributed by atoms with E-state index in [1.807, 2.05) is 0 Å². The van der Waals surface area contributed by atoms with Crippen LogP contribution in [-0.4, -0.2) is 110 Å². The first-order valence-corrected chi connectivity index (χ1v) is 13.3. The van der Waals surface area contributed by atoms with Gasteiger partial charge in [0.05, 0.1) is 13.2 Å². The predicted octanol–water partition coefficient (Wildman–Crippen LogP) is -0.587. The number of benzene rings is 2. The SMILES string of the molecule is CC(C)C(=O)Nc1ccc(Oc2cccc([C@H]3O[C@H](CO)[C@@H](O)[C@H](O[C@H]4O[C@H](CO)[C@@H](O)[C@H](O)[C@@H]4O)[C@@H]3O)c2)cc1. The fraction of sp³-hybridized carbons (Fsp3) is 0.536. The quantitative estimate of drug-likeness (QED) is 0.188. The molecule has 2 saturated heterocycles. The Morgan fingerprint density at radius 1 is 0.829 bits per heavy atom. The summed E-state index contributed by atoms with van der Waals surface area (Å²) in [4.78, 5) is 11.9. The van der Waals surface area contributed by atoms with Crippen molar-refractivity contribution in [2.45, 2.75) is 75.1 Å². The second-order valence-electron chi connectivity index (χ2n) is 10.4. The molecule has 0 spiro atoms. The number of hydrogen-bond donors (Lipinski definition) is 8. The minimum Gasteiger partial charge on any atom is -0.457 e. The van der Waals surface area contributed by atoms with E-state index in [4.69, 9.17) is 18.9 Å². The van der Waals surface area contributed by atoms with Gasteiger partial charge in [-0.1, -0.05) is 26.0 Å². The molecule has 10 atom stereocenters. The third-order valence-electron chi connectivity index (χ3n) is 7.07. The minimum absolute atomic E-state index is 0.113. The maximum atomic E-state index is 11.9. The summed E-state index contributed by atoms with van der Waals surface area (Å²) in [5.74, 6) is 0.579. The summed E-state index contributed by atoms with van der Waals surface area (Å²) in [6, 6.07) is 13.3. The molecule has 0 aliphatic carbocycles. The van der Waals surface area contributed by atoms with Gasteiger partial charge < -0.3 is 60.0 Å². The van der Waals surface area contributed by atoms with Crippen LogP contribution in [0.2, 0.25) is 0 Å². The topological polar surface area (TPSA) is 208 Å². The van der Waals surface area contributed by atoms with Gasteiger partial charge in [-0.25, -0.2) is 0 Å². The predicted molar refractivity (Wildman–Crippen MR) is 142 cm³/mol. The Morgan fingerprint density at radius 3 is 2.12 bits per heavy atom. The number of amides is 1. The maximum absolute atomic E-state index is 11.9. The molecule has 13 heteroatoms. The standard InChI is InChI=1S/C28H37NO12/c1-13(2)27(37)29-15-6-8-16(9-7-15)38-17-5-3-4-14(10-17)25-24(36)26(21(33)19(12-31)39-25)41-28-23(35)22(34)20(32)18(11-30)40-28/h3-10,13,18-26,28,30-36H,11-12H2,1-2H3,(H,29,37)/t18-,19-,20-,21-,22+,23+,24-,25-,26+,28-/m1/s1. The molecule has 0 aromatic heterocycles. The zero-order valence-corrected chi connectivity index (χ0v) is 22.6. The summed E-state index contributed by atoms with van der Waals surface area (Å²) in [5.41, 5.74) is 1.03. The molecule has 0 bridgehead atoms. The lowest BCUT2D eigenvalue weighted by molar-refractivity contribution is -0.342. The van der Waals surface area contributed by atoms with Gasteiger partial charge in [-0.15, -0.1) is 0 Å². The second-order valence-corrected chi connectivity index (χ2v) is 10.4. The number of carbonyl (C=O) groups is 1. The summed E-state index contributed by atoms with van der Waals surface area (Å²) in [7, 11) is 0. The average Bonchev–Trinajstić information content (AvgIpc) is 2.96. The van der Waals surface area contributed by atoms with Crippen molar-refractivity contribution >= 4 is 11.6 Å². The molecule has 2 fully saturated rings. The Labute approximate surface area is 236 Å². The zero-order chi connectivity index (χ0) is 29.8. The largest absolute Gasteiger partial charge is 0.457 e. The Kier molecular flexibility index (Phi) is 10.3. The Morgan fingerprint density at radius 2 is 1.49 bits per heavy atom. The highest BCUT2D eigenvalue weighted by atomic mass is 16.7. The van der Waals surface area contributed by atoms with Crippen molar-refractivity contribution in [1.82, 2.24) is 0 Å². The molecular weight excluding hydrogens is 542 g/mol. The molecule has 8 N–H and O–H groups in total.